The molecule has 0 saturated heterocycles. The Balaban J connectivity index is 1.48. The lowest BCUT2D eigenvalue weighted by atomic mass is 9.97. The molecule has 2 fully saturated rings. The summed E-state index contributed by atoms with van der Waals surface area (Å²) >= 11 is 0. The van der Waals surface area contributed by atoms with Crippen LogP contribution in [0.1, 0.15) is 31.2 Å². The lowest BCUT2D eigenvalue weighted by Gasteiger charge is -2.16. The molecule has 1 amide bonds. The summed E-state index contributed by atoms with van der Waals surface area (Å²) in [6.45, 7) is 1.66. The number of pyridine rings is 1. The number of rotatable bonds is 10. The van der Waals surface area contributed by atoms with Crippen LogP contribution in [0.5, 0.6) is 11.5 Å². The zero-order valence-corrected chi connectivity index (χ0v) is 20.0. The number of nitrogen functional groups attached to an aromatic ring is 1. The highest BCUT2D eigenvalue weighted by atomic mass is 16.5. The summed E-state index contributed by atoms with van der Waals surface area (Å²) < 4.78 is 6.02. The molecular weight excluding hydrogens is 454 g/mol. The predicted octanol–water partition coefficient (Wildman–Crippen LogP) is 4.30. The number of ether oxygens (including phenoxy) is 1. The van der Waals surface area contributed by atoms with Gasteiger partial charge in [0.05, 0.1) is 24.5 Å². The molecule has 36 heavy (non-hydrogen) atoms. The second kappa shape index (κ2) is 10.3. The van der Waals surface area contributed by atoms with E-state index in [2.05, 4.69) is 21.7 Å². The van der Waals surface area contributed by atoms with E-state index in [1.165, 1.54) is 12.8 Å². The summed E-state index contributed by atoms with van der Waals surface area (Å²) in [4.78, 5) is 17.0. The third kappa shape index (κ3) is 5.58. The van der Waals surface area contributed by atoms with Gasteiger partial charge in [-0.1, -0.05) is 18.2 Å². The van der Waals surface area contributed by atoms with Gasteiger partial charge in [-0.2, -0.15) is 5.26 Å². The van der Waals surface area contributed by atoms with E-state index in [4.69, 9.17) is 10.5 Å². The average molecular weight is 484 g/mol. The molecule has 0 atom stereocenters. The van der Waals surface area contributed by atoms with Crippen molar-refractivity contribution < 1.29 is 14.6 Å². The third-order valence-corrected chi connectivity index (χ3v) is 6.49. The molecule has 5 N–H and O–H groups in total. The van der Waals surface area contributed by atoms with Gasteiger partial charge in [-0.15, -0.1) is 0 Å². The number of hydrogen-bond acceptors (Lipinski definition) is 7. The Morgan fingerprint density at radius 1 is 1.11 bits per heavy atom. The number of nitriles is 1. The number of nitrogens with one attached hydrogen (secondary N) is 2. The SMILES string of the molecule is N#Cc1c(-c2ccc(OCC3CC3)c(NC(=O)CNCC3CC3)c2)cc(-c2ccccc2O)nc1N. The number of carbonyl (C=O) groups excluding carboxylic acids is 1. The van der Waals surface area contributed by atoms with Gasteiger partial charge in [0, 0.05) is 11.1 Å². The standard InChI is InChI=1S/C28H29N5O3/c29-13-22-21(12-23(33-28(22)30)20-3-1-2-4-25(20)34)19-9-10-26(36-16-18-7-8-18)24(11-19)32-27(35)15-31-14-17-5-6-17/h1-4,9-12,17-18,31,34H,5-8,14-16H2,(H2,30,33)(H,32,35). The fourth-order valence-corrected chi connectivity index (χ4v) is 4.06. The molecule has 1 heterocycles. The van der Waals surface area contributed by atoms with E-state index in [-0.39, 0.29) is 29.6 Å². The topological polar surface area (TPSA) is 133 Å². The zero-order valence-electron chi connectivity index (χ0n) is 20.0. The van der Waals surface area contributed by atoms with Crippen molar-refractivity contribution >= 4 is 17.4 Å². The summed E-state index contributed by atoms with van der Waals surface area (Å²) in [5.41, 5.74) is 9.11. The summed E-state index contributed by atoms with van der Waals surface area (Å²) in [6.07, 6.45) is 4.74. The normalized spacial score (nSPS) is 14.8. The highest BCUT2D eigenvalue weighted by Crippen LogP contribution is 2.38. The van der Waals surface area contributed by atoms with Crippen LogP contribution in [0.25, 0.3) is 22.4 Å². The number of hydrogen-bond donors (Lipinski definition) is 4. The second-order valence-electron chi connectivity index (χ2n) is 9.53. The minimum absolute atomic E-state index is 0.0653. The van der Waals surface area contributed by atoms with Crippen molar-refractivity contribution in [2.24, 2.45) is 11.8 Å². The van der Waals surface area contributed by atoms with Crippen LogP contribution < -0.4 is 21.1 Å². The van der Waals surface area contributed by atoms with Crippen molar-refractivity contribution in [2.75, 3.05) is 30.7 Å². The van der Waals surface area contributed by atoms with Crippen LogP contribution in [-0.4, -0.2) is 35.7 Å². The highest BCUT2D eigenvalue weighted by Gasteiger charge is 2.24. The molecule has 2 aliphatic carbocycles. The molecule has 0 unspecified atom stereocenters. The number of aromatic nitrogens is 1. The van der Waals surface area contributed by atoms with Crippen molar-refractivity contribution in [3.05, 3.63) is 54.1 Å². The number of amides is 1. The Morgan fingerprint density at radius 3 is 2.61 bits per heavy atom. The molecule has 0 aliphatic heterocycles. The van der Waals surface area contributed by atoms with Gasteiger partial charge >= 0.3 is 0 Å². The van der Waals surface area contributed by atoms with Crippen LogP contribution in [0.3, 0.4) is 0 Å². The van der Waals surface area contributed by atoms with Crippen LogP contribution in [0.15, 0.2) is 48.5 Å². The molecule has 1 aromatic heterocycles. The van der Waals surface area contributed by atoms with Crippen LogP contribution >= 0.6 is 0 Å². The number of nitrogens with zero attached hydrogens (tertiary/aromatic N) is 2. The zero-order chi connectivity index (χ0) is 25.1. The fraction of sp³-hybridized carbons (Fsp3) is 0.321. The van der Waals surface area contributed by atoms with Gasteiger partial charge in [0.25, 0.3) is 0 Å². The summed E-state index contributed by atoms with van der Waals surface area (Å²) in [7, 11) is 0. The molecule has 0 radical (unpaired) electrons. The first-order valence-electron chi connectivity index (χ1n) is 12.3. The van der Waals surface area contributed by atoms with Crippen molar-refractivity contribution in [1.82, 2.24) is 10.3 Å². The van der Waals surface area contributed by atoms with Crippen molar-refractivity contribution in [3.63, 3.8) is 0 Å². The molecule has 2 aliphatic rings. The smallest absolute Gasteiger partial charge is 0.238 e. The lowest BCUT2D eigenvalue weighted by molar-refractivity contribution is -0.115. The molecule has 2 aromatic carbocycles. The summed E-state index contributed by atoms with van der Waals surface area (Å²) in [5.74, 6) is 1.79. The number of anilines is 2. The molecule has 3 aromatic rings. The molecule has 8 nitrogen and oxygen atoms in total. The Kier molecular flexibility index (Phi) is 6.74. The maximum Gasteiger partial charge on any atom is 0.238 e. The quantitative estimate of drug-likeness (QED) is 0.338. The van der Waals surface area contributed by atoms with E-state index in [9.17, 15) is 15.2 Å². The highest BCUT2D eigenvalue weighted by molar-refractivity contribution is 5.95. The van der Waals surface area contributed by atoms with Crippen molar-refractivity contribution in [1.29, 1.82) is 5.26 Å². The minimum Gasteiger partial charge on any atom is -0.507 e. The van der Waals surface area contributed by atoms with Crippen molar-refractivity contribution in [3.8, 4) is 40.0 Å². The van der Waals surface area contributed by atoms with Crippen LogP contribution in [-0.2, 0) is 4.79 Å². The Morgan fingerprint density at radius 2 is 1.89 bits per heavy atom. The first-order valence-corrected chi connectivity index (χ1v) is 12.3. The number of phenolic OH excluding ortho intramolecular Hbond substituents is 1. The molecule has 5 rings (SSSR count). The molecule has 8 heteroatoms. The average Bonchev–Trinajstić information content (AvgIpc) is 3.79. The molecule has 0 bridgehead atoms. The van der Waals surface area contributed by atoms with Crippen LogP contribution in [0.4, 0.5) is 11.5 Å². The molecule has 2 saturated carbocycles. The van der Waals surface area contributed by atoms with E-state index in [0.29, 0.717) is 52.3 Å². The van der Waals surface area contributed by atoms with Gasteiger partial charge in [-0.05, 0) is 80.0 Å². The predicted molar refractivity (Wildman–Crippen MR) is 138 cm³/mol. The Labute approximate surface area is 210 Å². The van der Waals surface area contributed by atoms with Gasteiger partial charge in [0.2, 0.25) is 5.91 Å². The van der Waals surface area contributed by atoms with Gasteiger partial charge in [-0.25, -0.2) is 4.98 Å². The van der Waals surface area contributed by atoms with E-state index >= 15 is 0 Å². The Hall–Kier alpha value is -4.09. The van der Waals surface area contributed by atoms with E-state index < -0.39 is 0 Å². The Bertz CT molecular complexity index is 1330. The number of aromatic hydroxyl groups is 1. The maximum absolute atomic E-state index is 12.7. The van der Waals surface area contributed by atoms with Gasteiger partial charge < -0.3 is 26.2 Å². The van der Waals surface area contributed by atoms with E-state index in [1.54, 1.807) is 36.4 Å². The minimum atomic E-state index is -0.159. The fourth-order valence-electron chi connectivity index (χ4n) is 4.06. The lowest BCUT2D eigenvalue weighted by Crippen LogP contribution is -2.29. The van der Waals surface area contributed by atoms with E-state index in [1.807, 2.05) is 12.1 Å². The van der Waals surface area contributed by atoms with Gasteiger partial charge in [0.1, 0.15) is 28.9 Å². The number of benzene rings is 2. The number of para-hydroxylation sites is 1. The van der Waals surface area contributed by atoms with Gasteiger partial charge in [-0.3, -0.25) is 4.79 Å². The monoisotopic (exact) mass is 483 g/mol. The van der Waals surface area contributed by atoms with Gasteiger partial charge in [0.15, 0.2) is 0 Å². The van der Waals surface area contributed by atoms with Crippen LogP contribution in [0.2, 0.25) is 0 Å². The number of phenols is 1. The first-order chi connectivity index (χ1) is 17.5. The second-order valence-corrected chi connectivity index (χ2v) is 9.53. The summed E-state index contributed by atoms with van der Waals surface area (Å²) in [5, 5.41) is 26.3. The van der Waals surface area contributed by atoms with Crippen LogP contribution in [0, 0.1) is 23.2 Å². The van der Waals surface area contributed by atoms with Crippen molar-refractivity contribution in [2.45, 2.75) is 25.7 Å². The third-order valence-electron chi connectivity index (χ3n) is 6.49. The molecule has 0 spiro atoms. The molecule has 184 valence electrons. The first kappa shape index (κ1) is 23.6. The van der Waals surface area contributed by atoms with E-state index in [0.717, 1.165) is 19.4 Å². The molecular formula is C28H29N5O3. The summed E-state index contributed by atoms with van der Waals surface area (Å²) in [6, 6.07) is 16.1. The number of nitrogens with two attached hydrogens (primary N) is 1. The number of carbonyl (C=O) groups is 1. The maximum atomic E-state index is 12.7. The largest absolute Gasteiger partial charge is 0.507 e.